The Kier molecular flexibility index (Phi) is 6.20. The van der Waals surface area contributed by atoms with Gasteiger partial charge in [-0.2, -0.15) is 0 Å². The zero-order chi connectivity index (χ0) is 18.5. The summed E-state index contributed by atoms with van der Waals surface area (Å²) in [5.41, 5.74) is 1.28. The topological polar surface area (TPSA) is 73.9 Å². The van der Waals surface area contributed by atoms with Crippen LogP contribution in [0.1, 0.15) is 5.56 Å². The van der Waals surface area contributed by atoms with Crippen LogP contribution in [0.5, 0.6) is 11.5 Å². The number of carbonyl (C=O) groups is 2. The van der Waals surface area contributed by atoms with Gasteiger partial charge in [0.1, 0.15) is 13.2 Å². The quantitative estimate of drug-likeness (QED) is 0.517. The monoisotopic (exact) mass is 487 g/mol. The number of fused-ring (bicyclic) bond motifs is 1. The van der Waals surface area contributed by atoms with Gasteiger partial charge in [-0.1, -0.05) is 17.7 Å². The van der Waals surface area contributed by atoms with Crippen LogP contribution < -0.4 is 14.8 Å². The van der Waals surface area contributed by atoms with Crippen molar-refractivity contribution in [1.82, 2.24) is 0 Å². The molecule has 6 nitrogen and oxygen atoms in total. The van der Waals surface area contributed by atoms with E-state index < -0.39 is 11.9 Å². The van der Waals surface area contributed by atoms with Crippen LogP contribution in [0.15, 0.2) is 36.4 Å². The van der Waals surface area contributed by atoms with Crippen LogP contribution in [0.2, 0.25) is 5.02 Å². The summed E-state index contributed by atoms with van der Waals surface area (Å²) in [6.45, 7) is 0.502. The molecule has 0 aliphatic carbocycles. The van der Waals surface area contributed by atoms with Gasteiger partial charge in [-0.05, 0) is 58.5 Å². The molecule has 8 heteroatoms. The van der Waals surface area contributed by atoms with E-state index in [9.17, 15) is 9.59 Å². The fraction of sp³-hybridized carbons (Fsp3) is 0.222. The third-order valence-corrected chi connectivity index (χ3v) is 4.43. The first-order valence-corrected chi connectivity index (χ1v) is 9.26. The highest BCUT2D eigenvalue weighted by molar-refractivity contribution is 14.1. The molecule has 0 aromatic heterocycles. The first-order chi connectivity index (χ1) is 12.5. The summed E-state index contributed by atoms with van der Waals surface area (Å²) in [4.78, 5) is 23.9. The van der Waals surface area contributed by atoms with Gasteiger partial charge in [0.15, 0.2) is 18.1 Å². The number of anilines is 1. The highest BCUT2D eigenvalue weighted by atomic mass is 127. The van der Waals surface area contributed by atoms with Crippen molar-refractivity contribution >= 4 is 51.8 Å². The third kappa shape index (κ3) is 5.01. The van der Waals surface area contributed by atoms with Crippen molar-refractivity contribution in [3.63, 3.8) is 0 Å². The number of ether oxygens (including phenoxy) is 3. The number of benzene rings is 2. The minimum absolute atomic E-state index is 0.0210. The number of esters is 1. The second-order valence-corrected chi connectivity index (χ2v) is 7.15. The predicted molar refractivity (Wildman–Crippen MR) is 105 cm³/mol. The maximum Gasteiger partial charge on any atom is 0.310 e. The summed E-state index contributed by atoms with van der Waals surface area (Å²) >= 11 is 8.29. The number of nitrogens with one attached hydrogen (secondary N) is 1. The summed E-state index contributed by atoms with van der Waals surface area (Å²) < 4.78 is 16.9. The smallest absolute Gasteiger partial charge is 0.310 e. The van der Waals surface area contributed by atoms with Crippen LogP contribution in [0.4, 0.5) is 5.69 Å². The molecule has 2 aromatic rings. The Morgan fingerprint density at radius 1 is 1.19 bits per heavy atom. The van der Waals surface area contributed by atoms with Crippen molar-refractivity contribution in [3.05, 3.63) is 50.6 Å². The Morgan fingerprint density at radius 3 is 2.81 bits per heavy atom. The molecule has 3 rings (SSSR count). The van der Waals surface area contributed by atoms with Gasteiger partial charge in [-0.25, -0.2) is 0 Å². The van der Waals surface area contributed by atoms with Crippen LogP contribution in [0.25, 0.3) is 0 Å². The summed E-state index contributed by atoms with van der Waals surface area (Å²) in [7, 11) is 0. The van der Waals surface area contributed by atoms with Crippen molar-refractivity contribution < 1.29 is 23.8 Å². The highest BCUT2D eigenvalue weighted by Gasteiger charge is 2.18. The molecule has 136 valence electrons. The fourth-order valence-electron chi connectivity index (χ4n) is 2.39. The predicted octanol–water partition coefficient (Wildman–Crippen LogP) is 3.44. The van der Waals surface area contributed by atoms with E-state index in [1.165, 1.54) is 0 Å². The minimum atomic E-state index is -0.532. The lowest BCUT2D eigenvalue weighted by molar-refractivity contribution is -0.146. The van der Waals surface area contributed by atoms with E-state index in [1.54, 1.807) is 18.2 Å². The van der Waals surface area contributed by atoms with Crippen LogP contribution >= 0.6 is 34.2 Å². The van der Waals surface area contributed by atoms with Gasteiger partial charge < -0.3 is 19.5 Å². The lowest BCUT2D eigenvalue weighted by Crippen LogP contribution is -2.21. The zero-order valence-corrected chi connectivity index (χ0v) is 16.5. The second-order valence-electron chi connectivity index (χ2n) is 5.50. The maximum absolute atomic E-state index is 12.0. The molecule has 0 saturated carbocycles. The van der Waals surface area contributed by atoms with E-state index in [4.69, 9.17) is 25.8 Å². The molecule has 0 saturated heterocycles. The van der Waals surface area contributed by atoms with E-state index >= 15 is 0 Å². The number of halogens is 2. The third-order valence-electron chi connectivity index (χ3n) is 3.48. The van der Waals surface area contributed by atoms with Crippen LogP contribution in [0.3, 0.4) is 0 Å². The molecule has 0 atom stereocenters. The lowest BCUT2D eigenvalue weighted by atomic mass is 10.1. The van der Waals surface area contributed by atoms with Crippen LogP contribution in [0, 0.1) is 3.57 Å². The van der Waals surface area contributed by atoms with Crippen molar-refractivity contribution in [1.29, 1.82) is 0 Å². The summed E-state index contributed by atoms with van der Waals surface area (Å²) in [6.07, 6.45) is -0.0210. The molecule has 0 spiro atoms. The Balaban J connectivity index is 1.52. The van der Waals surface area contributed by atoms with Gasteiger partial charge in [-0.15, -0.1) is 0 Å². The summed E-state index contributed by atoms with van der Waals surface area (Å²) in [6, 6.07) is 10.6. The Hall–Kier alpha value is -2.00. The van der Waals surface area contributed by atoms with Crippen LogP contribution in [-0.4, -0.2) is 31.7 Å². The molecule has 1 N–H and O–H groups in total. The van der Waals surface area contributed by atoms with Gasteiger partial charge in [-0.3, -0.25) is 9.59 Å². The van der Waals surface area contributed by atoms with Crippen LogP contribution in [-0.2, 0) is 20.7 Å². The fourth-order valence-corrected chi connectivity index (χ4v) is 3.22. The van der Waals surface area contributed by atoms with E-state index in [0.29, 0.717) is 41.0 Å². The number of amides is 1. The first kappa shape index (κ1) is 18.8. The molecule has 0 bridgehead atoms. The molecule has 0 unspecified atom stereocenters. The number of rotatable bonds is 5. The molecule has 1 amide bonds. The molecule has 26 heavy (non-hydrogen) atoms. The molecular weight excluding hydrogens is 473 g/mol. The molecular formula is C18H15ClINO5. The molecule has 0 fully saturated rings. The first-order valence-electron chi connectivity index (χ1n) is 7.80. The van der Waals surface area contributed by atoms with Gasteiger partial charge >= 0.3 is 5.97 Å². The average Bonchev–Trinajstić information content (AvgIpc) is 2.60. The Bertz CT molecular complexity index is 842. The summed E-state index contributed by atoms with van der Waals surface area (Å²) in [5, 5.41) is 3.05. The normalized spacial score (nSPS) is 12.4. The van der Waals surface area contributed by atoms with Crippen molar-refractivity contribution in [2.45, 2.75) is 6.42 Å². The Morgan fingerprint density at radius 2 is 2.00 bits per heavy atom. The van der Waals surface area contributed by atoms with Gasteiger partial charge in [0.05, 0.1) is 11.4 Å². The van der Waals surface area contributed by atoms with E-state index in [0.717, 1.165) is 3.57 Å². The zero-order valence-electron chi connectivity index (χ0n) is 13.6. The van der Waals surface area contributed by atoms with Crippen molar-refractivity contribution in [3.8, 4) is 11.5 Å². The number of hydrogen-bond donors (Lipinski definition) is 1. The minimum Gasteiger partial charge on any atom is -0.486 e. The maximum atomic E-state index is 12.0. The molecule has 1 heterocycles. The highest BCUT2D eigenvalue weighted by Crippen LogP contribution is 2.38. The van der Waals surface area contributed by atoms with Gasteiger partial charge in [0.2, 0.25) is 0 Å². The molecule has 1 aliphatic rings. The van der Waals surface area contributed by atoms with E-state index in [2.05, 4.69) is 27.9 Å². The molecule has 2 aromatic carbocycles. The lowest BCUT2D eigenvalue weighted by Gasteiger charge is -2.20. The Labute approximate surface area is 168 Å². The SMILES string of the molecule is O=C(COC(=O)Cc1cc(Cl)c2c(c1)OCCO2)Nc1cccc(I)c1. The van der Waals surface area contributed by atoms with Gasteiger partial charge in [0, 0.05) is 9.26 Å². The van der Waals surface area contributed by atoms with Crippen molar-refractivity contribution in [2.24, 2.45) is 0 Å². The number of hydrogen-bond acceptors (Lipinski definition) is 5. The van der Waals surface area contributed by atoms with Crippen molar-refractivity contribution in [2.75, 3.05) is 25.1 Å². The second kappa shape index (κ2) is 8.59. The van der Waals surface area contributed by atoms with Gasteiger partial charge in [0.25, 0.3) is 5.91 Å². The average molecular weight is 488 g/mol. The molecule has 1 aliphatic heterocycles. The van der Waals surface area contributed by atoms with E-state index in [-0.39, 0.29) is 13.0 Å². The summed E-state index contributed by atoms with van der Waals surface area (Å²) in [5.74, 6) is 0.0472. The largest absolute Gasteiger partial charge is 0.486 e. The number of carbonyl (C=O) groups excluding carboxylic acids is 2. The molecule has 0 radical (unpaired) electrons. The standard InChI is InChI=1S/C18H15ClINO5/c19-14-6-11(7-15-18(14)25-5-4-24-15)8-17(23)26-10-16(22)21-13-3-1-2-12(20)9-13/h1-3,6-7,9H,4-5,8,10H2,(H,21,22). The van der Waals surface area contributed by atoms with E-state index in [1.807, 2.05) is 18.2 Å².